The van der Waals surface area contributed by atoms with Crippen molar-refractivity contribution in [1.29, 1.82) is 0 Å². The molecule has 0 fully saturated rings. The van der Waals surface area contributed by atoms with Gasteiger partial charge in [-0.2, -0.15) is 0 Å². The summed E-state index contributed by atoms with van der Waals surface area (Å²) in [6.07, 6.45) is -0.288. The summed E-state index contributed by atoms with van der Waals surface area (Å²) in [5.74, 6) is 0.886. The Bertz CT molecular complexity index is 3320. The zero-order valence-corrected chi connectivity index (χ0v) is 31.5. The van der Waals surface area contributed by atoms with Gasteiger partial charge >= 0.3 is 0 Å². The lowest BCUT2D eigenvalue weighted by Gasteiger charge is -2.32. The molecular formula is C51H34N4OS. The van der Waals surface area contributed by atoms with Gasteiger partial charge in [0.05, 0.1) is 11.0 Å². The normalized spacial score (nSPS) is 15.9. The van der Waals surface area contributed by atoms with Crippen LogP contribution >= 0.6 is 11.3 Å². The molecule has 3 aromatic heterocycles. The Morgan fingerprint density at radius 3 is 2.05 bits per heavy atom. The third-order valence-corrected chi connectivity index (χ3v) is 12.6. The van der Waals surface area contributed by atoms with Crippen molar-refractivity contribution in [2.45, 2.75) is 12.3 Å². The molecule has 1 aliphatic rings. The number of aliphatic imine (C=N–C) groups is 1. The lowest BCUT2D eigenvalue weighted by Crippen LogP contribution is -2.44. The topological polar surface area (TPSA) is 54.5 Å². The minimum absolute atomic E-state index is 0.0780. The van der Waals surface area contributed by atoms with Crippen LogP contribution < -0.4 is 10.6 Å². The highest BCUT2D eigenvalue weighted by Gasteiger charge is 2.26. The van der Waals surface area contributed by atoms with Crippen molar-refractivity contribution >= 4 is 81.1 Å². The Morgan fingerprint density at radius 2 is 1.25 bits per heavy atom. The Kier molecular flexibility index (Phi) is 7.24. The van der Waals surface area contributed by atoms with Gasteiger partial charge in [-0.05, 0) is 65.2 Å². The minimum atomic E-state index is -0.210. The number of para-hydroxylation sites is 3. The zero-order chi connectivity index (χ0) is 37.5. The van der Waals surface area contributed by atoms with Crippen LogP contribution in [0.1, 0.15) is 29.0 Å². The average molecular weight is 751 g/mol. The second-order valence-corrected chi connectivity index (χ2v) is 15.9. The van der Waals surface area contributed by atoms with E-state index < -0.39 is 0 Å². The molecule has 8 aromatic carbocycles. The monoisotopic (exact) mass is 750 g/mol. The van der Waals surface area contributed by atoms with Crippen molar-refractivity contribution in [1.82, 2.24) is 15.2 Å². The molecule has 12 rings (SSSR count). The predicted molar refractivity (Wildman–Crippen MR) is 238 cm³/mol. The quantitative estimate of drug-likeness (QED) is 0.184. The van der Waals surface area contributed by atoms with Crippen molar-refractivity contribution in [3.63, 3.8) is 0 Å². The second-order valence-electron chi connectivity index (χ2n) is 14.8. The number of amidine groups is 1. The summed E-state index contributed by atoms with van der Waals surface area (Å²) in [5, 5.41) is 14.6. The Morgan fingerprint density at radius 1 is 0.509 bits per heavy atom. The molecule has 0 saturated carbocycles. The van der Waals surface area contributed by atoms with Crippen LogP contribution in [0.2, 0.25) is 0 Å². The number of benzene rings is 8. The number of nitrogens with zero attached hydrogens (tertiary/aromatic N) is 2. The summed E-state index contributed by atoms with van der Waals surface area (Å²) in [6.45, 7) is 0. The van der Waals surface area contributed by atoms with Crippen molar-refractivity contribution in [3.05, 3.63) is 199 Å². The number of hydrogen-bond acceptors (Lipinski definition) is 5. The molecule has 2 unspecified atom stereocenters. The molecule has 4 heterocycles. The Hall–Kier alpha value is -6.99. The van der Waals surface area contributed by atoms with Gasteiger partial charge in [-0.25, -0.2) is 4.99 Å². The van der Waals surface area contributed by atoms with Crippen LogP contribution in [0.15, 0.2) is 191 Å². The molecular weight excluding hydrogens is 717 g/mol. The molecule has 2 N–H and O–H groups in total. The number of rotatable bonds is 5. The third kappa shape index (κ3) is 5.22. The Labute approximate surface area is 332 Å². The Balaban J connectivity index is 0.933. The standard InChI is InChI=1S/C51H34N4OS/c1-3-12-31(13-4-1)49-52-50(32-14-5-2-6-15-32)54-51(53-49)34-22-25-39-42-28-33(23-27-46(42)57-47(39)29-34)36-18-11-19-40-41-30-35(24-26-45(41)56-48(36)40)55-43-20-9-7-16-37(43)38-17-8-10-21-44(38)55/h1-30,49,51,53H,(H,52,54). The van der Waals surface area contributed by atoms with Crippen LogP contribution in [0.25, 0.3) is 80.7 Å². The van der Waals surface area contributed by atoms with Crippen LogP contribution in [0.4, 0.5) is 0 Å². The van der Waals surface area contributed by atoms with Crippen molar-refractivity contribution in [2.24, 2.45) is 4.99 Å². The number of nitrogens with one attached hydrogen (secondary N) is 2. The van der Waals surface area contributed by atoms with Crippen LogP contribution in [0.3, 0.4) is 0 Å². The van der Waals surface area contributed by atoms with Gasteiger partial charge in [0.25, 0.3) is 0 Å². The van der Waals surface area contributed by atoms with E-state index in [0.717, 1.165) is 55.7 Å². The van der Waals surface area contributed by atoms with Crippen molar-refractivity contribution in [2.75, 3.05) is 0 Å². The van der Waals surface area contributed by atoms with E-state index in [1.807, 2.05) is 17.4 Å². The molecule has 0 amide bonds. The van der Waals surface area contributed by atoms with Gasteiger partial charge in [-0.1, -0.05) is 133 Å². The van der Waals surface area contributed by atoms with Gasteiger partial charge in [0, 0.05) is 58.5 Å². The van der Waals surface area contributed by atoms with E-state index >= 15 is 0 Å². The number of aromatic nitrogens is 1. The fraction of sp³-hybridized carbons (Fsp3) is 0.0392. The SMILES string of the molecule is c1ccc(C2=NC(c3ccc4c(c3)sc3ccc(-c5cccc6c5oc5ccc(-n7c8ccccc8c8ccccc87)cc56)cc34)NC(c3ccccc3)N2)cc1. The van der Waals surface area contributed by atoms with E-state index in [1.165, 1.54) is 47.5 Å². The van der Waals surface area contributed by atoms with Crippen LogP contribution in [-0.2, 0) is 0 Å². The molecule has 11 aromatic rings. The smallest absolute Gasteiger partial charge is 0.143 e. The summed E-state index contributed by atoms with van der Waals surface area (Å²) in [6, 6.07) is 64.9. The summed E-state index contributed by atoms with van der Waals surface area (Å²) < 4.78 is 11.6. The highest BCUT2D eigenvalue weighted by atomic mass is 32.1. The summed E-state index contributed by atoms with van der Waals surface area (Å²) >= 11 is 1.83. The van der Waals surface area contributed by atoms with E-state index in [9.17, 15) is 0 Å². The van der Waals surface area contributed by atoms with Crippen LogP contribution in [0.5, 0.6) is 0 Å². The first kappa shape index (κ1) is 32.3. The van der Waals surface area contributed by atoms with E-state index in [1.54, 1.807) is 0 Å². The van der Waals surface area contributed by atoms with Gasteiger partial charge < -0.3 is 14.3 Å². The highest BCUT2D eigenvalue weighted by molar-refractivity contribution is 7.25. The molecule has 0 bridgehead atoms. The molecule has 1 aliphatic heterocycles. The van der Waals surface area contributed by atoms with E-state index in [0.29, 0.717) is 0 Å². The van der Waals surface area contributed by atoms with Crippen LogP contribution in [0, 0.1) is 0 Å². The third-order valence-electron chi connectivity index (χ3n) is 11.5. The van der Waals surface area contributed by atoms with Crippen LogP contribution in [-0.4, -0.2) is 10.4 Å². The molecule has 5 nitrogen and oxygen atoms in total. The van der Waals surface area contributed by atoms with Gasteiger partial charge in [-0.15, -0.1) is 11.3 Å². The van der Waals surface area contributed by atoms with Gasteiger partial charge in [0.1, 0.15) is 29.3 Å². The first-order valence-electron chi connectivity index (χ1n) is 19.3. The predicted octanol–water partition coefficient (Wildman–Crippen LogP) is 13.1. The molecule has 2 atom stereocenters. The molecule has 0 spiro atoms. The maximum Gasteiger partial charge on any atom is 0.143 e. The second kappa shape index (κ2) is 12.8. The van der Waals surface area contributed by atoms with Crippen molar-refractivity contribution < 1.29 is 4.42 Å². The first-order valence-corrected chi connectivity index (χ1v) is 20.2. The average Bonchev–Trinajstić information content (AvgIpc) is 3.95. The van der Waals surface area contributed by atoms with E-state index in [-0.39, 0.29) is 12.3 Å². The van der Waals surface area contributed by atoms with Gasteiger partial charge in [-0.3, -0.25) is 5.32 Å². The maximum atomic E-state index is 6.70. The molecule has 6 heteroatoms. The maximum absolute atomic E-state index is 6.70. The van der Waals surface area contributed by atoms with E-state index in [4.69, 9.17) is 9.41 Å². The number of thiophene rings is 1. The zero-order valence-electron chi connectivity index (χ0n) is 30.7. The summed E-state index contributed by atoms with van der Waals surface area (Å²) in [7, 11) is 0. The fourth-order valence-corrected chi connectivity index (χ4v) is 9.91. The lowest BCUT2D eigenvalue weighted by atomic mass is 10.00. The summed E-state index contributed by atoms with van der Waals surface area (Å²) in [4.78, 5) is 5.19. The van der Waals surface area contributed by atoms with Gasteiger partial charge in [0.2, 0.25) is 0 Å². The number of fused-ring (bicyclic) bond motifs is 9. The number of furan rings is 1. The van der Waals surface area contributed by atoms with Crippen molar-refractivity contribution in [3.8, 4) is 16.8 Å². The largest absolute Gasteiger partial charge is 0.455 e. The van der Waals surface area contributed by atoms with Gasteiger partial charge in [0.15, 0.2) is 0 Å². The molecule has 0 radical (unpaired) electrons. The highest BCUT2D eigenvalue weighted by Crippen LogP contribution is 2.42. The minimum Gasteiger partial charge on any atom is -0.455 e. The molecule has 0 aliphatic carbocycles. The summed E-state index contributed by atoms with van der Waals surface area (Å²) in [5.41, 5.74) is 10.9. The lowest BCUT2D eigenvalue weighted by molar-refractivity contribution is 0.409. The first-order chi connectivity index (χ1) is 28.2. The number of hydrogen-bond donors (Lipinski definition) is 2. The fourth-order valence-electron chi connectivity index (χ4n) is 8.77. The molecule has 270 valence electrons. The van der Waals surface area contributed by atoms with E-state index in [2.05, 4.69) is 191 Å². The molecule has 0 saturated heterocycles. The molecule has 57 heavy (non-hydrogen) atoms.